The number of piperidine rings is 2. The lowest BCUT2D eigenvalue weighted by Crippen LogP contribution is -2.56. The zero-order valence-electron chi connectivity index (χ0n) is 20.0. The smallest absolute Gasteiger partial charge is 0.282 e. The van der Waals surface area contributed by atoms with Crippen molar-refractivity contribution in [1.29, 1.82) is 0 Å². The third-order valence-electron chi connectivity index (χ3n) is 8.47. The molecule has 5 fully saturated rings. The van der Waals surface area contributed by atoms with Crippen LogP contribution in [0.4, 0.5) is 32.1 Å². The third kappa shape index (κ3) is 4.67. The Hall–Kier alpha value is -2.55. The van der Waals surface area contributed by atoms with Crippen LogP contribution in [0.3, 0.4) is 0 Å². The highest BCUT2D eigenvalue weighted by Gasteiger charge is 2.46. The summed E-state index contributed by atoms with van der Waals surface area (Å²) < 4.78 is 26.4. The van der Waals surface area contributed by atoms with Crippen molar-refractivity contribution in [2.24, 2.45) is 17.8 Å². The number of nitrogens with zero attached hydrogens (tertiary/aromatic N) is 6. The Kier molecular flexibility index (Phi) is 5.12. The lowest BCUT2D eigenvalue weighted by Gasteiger charge is -2.39. The summed E-state index contributed by atoms with van der Waals surface area (Å²) in [6, 6.07) is 4.49. The normalized spacial score (nSPS) is 28.1. The average molecular weight is 482 g/mol. The Bertz CT molecular complexity index is 1060. The van der Waals surface area contributed by atoms with Gasteiger partial charge in [0.05, 0.1) is 25.5 Å². The Balaban J connectivity index is 1.08. The highest BCUT2D eigenvalue weighted by atomic mass is 19.3. The second kappa shape index (κ2) is 8.25. The van der Waals surface area contributed by atoms with Crippen molar-refractivity contribution in [3.63, 3.8) is 0 Å². The maximum Gasteiger partial charge on any atom is 0.282 e. The molecule has 0 radical (unpaired) electrons. The van der Waals surface area contributed by atoms with Gasteiger partial charge in [0.1, 0.15) is 23.3 Å². The predicted octanol–water partition coefficient (Wildman–Crippen LogP) is 4.12. The number of likely N-dealkylation sites (tertiary alicyclic amines) is 1. The number of anilines is 4. The SMILES string of the molecule is FC1(F)CN(c2cnc(Nc3cc(C4CCN(CC5CC5)CC4)cc(N4CC5CC5C4)n3)cn2)C1. The highest BCUT2D eigenvalue weighted by Crippen LogP contribution is 2.46. The van der Waals surface area contributed by atoms with Crippen molar-refractivity contribution < 1.29 is 8.78 Å². The monoisotopic (exact) mass is 481 g/mol. The highest BCUT2D eigenvalue weighted by molar-refractivity contribution is 5.58. The van der Waals surface area contributed by atoms with Crippen LogP contribution in [0.2, 0.25) is 0 Å². The molecule has 0 aromatic carbocycles. The van der Waals surface area contributed by atoms with E-state index < -0.39 is 5.92 Å². The largest absolute Gasteiger partial charge is 0.356 e. The molecular weight excluding hydrogens is 448 g/mol. The molecule has 7 nitrogen and oxygen atoms in total. The van der Waals surface area contributed by atoms with E-state index in [-0.39, 0.29) is 13.1 Å². The van der Waals surface area contributed by atoms with Crippen LogP contribution in [-0.2, 0) is 0 Å². The van der Waals surface area contributed by atoms with E-state index in [2.05, 4.69) is 37.2 Å². The molecule has 2 atom stereocenters. The Morgan fingerprint density at radius 2 is 1.66 bits per heavy atom. The van der Waals surface area contributed by atoms with Crippen molar-refractivity contribution in [3.8, 4) is 0 Å². The minimum Gasteiger partial charge on any atom is -0.356 e. The van der Waals surface area contributed by atoms with E-state index >= 15 is 0 Å². The van der Waals surface area contributed by atoms with Gasteiger partial charge in [-0.25, -0.2) is 23.7 Å². The van der Waals surface area contributed by atoms with E-state index in [1.807, 2.05) is 0 Å². The molecule has 186 valence electrons. The lowest BCUT2D eigenvalue weighted by molar-refractivity contribution is -0.0267. The van der Waals surface area contributed by atoms with E-state index in [0.717, 1.165) is 42.5 Å². The minimum atomic E-state index is -2.62. The summed E-state index contributed by atoms with van der Waals surface area (Å²) >= 11 is 0. The van der Waals surface area contributed by atoms with Crippen LogP contribution in [0.25, 0.3) is 0 Å². The molecule has 0 amide bonds. The summed E-state index contributed by atoms with van der Waals surface area (Å²) in [7, 11) is 0. The number of pyridine rings is 1. The first-order valence-corrected chi connectivity index (χ1v) is 13.2. The summed E-state index contributed by atoms with van der Waals surface area (Å²) in [4.78, 5) is 20.4. The molecule has 7 rings (SSSR count). The van der Waals surface area contributed by atoms with Crippen LogP contribution in [0.1, 0.15) is 43.6 Å². The summed E-state index contributed by atoms with van der Waals surface area (Å²) in [6.07, 6.45) is 9.74. The summed E-state index contributed by atoms with van der Waals surface area (Å²) in [6.45, 7) is 5.26. The van der Waals surface area contributed by atoms with Gasteiger partial charge < -0.3 is 20.0 Å². The van der Waals surface area contributed by atoms with Crippen LogP contribution < -0.4 is 15.1 Å². The quantitative estimate of drug-likeness (QED) is 0.639. The second-order valence-electron chi connectivity index (χ2n) is 11.4. The molecule has 1 N–H and O–H groups in total. The predicted molar refractivity (Wildman–Crippen MR) is 132 cm³/mol. The standard InChI is InChI=1S/C26H33F2N7/c27-26(28)15-35(16-26)25-11-29-23(10-30-25)31-22-8-19(9-24(32-22)34-13-20-7-21(20)14-34)18-3-5-33(6-4-18)12-17-1-2-17/h8-11,17-18,20-21H,1-7,12-16H2,(H,29,31,32). The molecule has 9 heteroatoms. The number of alkyl halides is 2. The van der Waals surface area contributed by atoms with Gasteiger partial charge in [0, 0.05) is 19.6 Å². The number of nitrogens with one attached hydrogen (secondary N) is 1. The zero-order valence-corrected chi connectivity index (χ0v) is 20.0. The van der Waals surface area contributed by atoms with Crippen LogP contribution in [0.15, 0.2) is 24.5 Å². The second-order valence-corrected chi connectivity index (χ2v) is 11.4. The lowest BCUT2D eigenvalue weighted by atomic mass is 9.89. The van der Waals surface area contributed by atoms with Gasteiger partial charge in [-0.2, -0.15) is 0 Å². The van der Waals surface area contributed by atoms with E-state index in [9.17, 15) is 8.78 Å². The molecule has 5 heterocycles. The van der Waals surface area contributed by atoms with Crippen molar-refractivity contribution >= 4 is 23.3 Å². The van der Waals surface area contributed by atoms with Crippen molar-refractivity contribution in [2.75, 3.05) is 60.9 Å². The van der Waals surface area contributed by atoms with E-state index in [4.69, 9.17) is 4.98 Å². The van der Waals surface area contributed by atoms with Gasteiger partial charge in [-0.15, -0.1) is 0 Å². The first-order chi connectivity index (χ1) is 17.0. The van der Waals surface area contributed by atoms with Gasteiger partial charge in [0.25, 0.3) is 5.92 Å². The first-order valence-electron chi connectivity index (χ1n) is 13.2. The molecule has 2 unspecified atom stereocenters. The molecule has 35 heavy (non-hydrogen) atoms. The maximum atomic E-state index is 13.2. The van der Waals surface area contributed by atoms with Gasteiger partial charge in [-0.3, -0.25) is 0 Å². The van der Waals surface area contributed by atoms with Gasteiger partial charge >= 0.3 is 0 Å². The van der Waals surface area contributed by atoms with Crippen LogP contribution in [-0.4, -0.2) is 71.6 Å². The van der Waals surface area contributed by atoms with Gasteiger partial charge in [0.15, 0.2) is 0 Å². The number of hydrogen-bond acceptors (Lipinski definition) is 7. The summed E-state index contributed by atoms with van der Waals surface area (Å²) in [5.74, 6) is 3.47. The van der Waals surface area contributed by atoms with E-state index in [0.29, 0.717) is 17.6 Å². The van der Waals surface area contributed by atoms with Crippen molar-refractivity contribution in [3.05, 3.63) is 30.1 Å². The molecule has 2 aliphatic carbocycles. The number of aromatic nitrogens is 3. The first kappa shape index (κ1) is 21.7. The molecule has 2 saturated carbocycles. The minimum absolute atomic E-state index is 0.293. The van der Waals surface area contributed by atoms with Crippen LogP contribution in [0.5, 0.6) is 0 Å². The van der Waals surface area contributed by atoms with Crippen LogP contribution >= 0.6 is 0 Å². The van der Waals surface area contributed by atoms with Gasteiger partial charge in [-0.1, -0.05) is 0 Å². The molecular formula is C26H33F2N7. The molecule has 3 aliphatic heterocycles. The van der Waals surface area contributed by atoms with Gasteiger partial charge in [-0.05, 0) is 86.6 Å². The molecule has 3 saturated heterocycles. The van der Waals surface area contributed by atoms with Gasteiger partial charge in [0.2, 0.25) is 0 Å². The summed E-state index contributed by atoms with van der Waals surface area (Å²) in [5, 5.41) is 3.34. The number of fused-ring (bicyclic) bond motifs is 1. The molecule has 5 aliphatic rings. The Morgan fingerprint density at radius 3 is 2.31 bits per heavy atom. The summed E-state index contributed by atoms with van der Waals surface area (Å²) in [5.41, 5.74) is 1.36. The third-order valence-corrected chi connectivity index (χ3v) is 8.47. The zero-order chi connectivity index (χ0) is 23.6. The van der Waals surface area contributed by atoms with Crippen molar-refractivity contribution in [1.82, 2.24) is 19.9 Å². The molecule has 2 aromatic heterocycles. The molecule has 0 bridgehead atoms. The molecule has 2 aromatic rings. The number of hydrogen-bond donors (Lipinski definition) is 1. The van der Waals surface area contributed by atoms with E-state index in [1.54, 1.807) is 17.3 Å². The fourth-order valence-corrected chi connectivity index (χ4v) is 6.05. The topological polar surface area (TPSA) is 60.4 Å². The fourth-order valence-electron chi connectivity index (χ4n) is 6.05. The average Bonchev–Trinajstić information content (AvgIpc) is 3.77. The maximum absolute atomic E-state index is 13.2. The number of halogens is 2. The van der Waals surface area contributed by atoms with Crippen LogP contribution in [0, 0.1) is 17.8 Å². The molecule has 0 spiro atoms. The Labute approximate surface area is 204 Å². The Morgan fingerprint density at radius 1 is 0.886 bits per heavy atom. The number of rotatable bonds is 7. The fraction of sp³-hybridized carbons (Fsp3) is 0.654. The van der Waals surface area contributed by atoms with Crippen molar-refractivity contribution in [2.45, 2.75) is 43.9 Å². The van der Waals surface area contributed by atoms with E-state index in [1.165, 1.54) is 57.3 Å².